The monoisotopic (exact) mass is 426 g/mol. The molecule has 3 rings (SSSR count). The van der Waals surface area contributed by atoms with E-state index in [0.717, 1.165) is 31.6 Å². The summed E-state index contributed by atoms with van der Waals surface area (Å²) in [6.45, 7) is 5.69. The lowest BCUT2D eigenvalue weighted by Crippen LogP contribution is -2.32. The molecule has 8 heteroatoms. The fourth-order valence-corrected chi connectivity index (χ4v) is 3.54. The van der Waals surface area contributed by atoms with Gasteiger partial charge < -0.3 is 30.3 Å². The second-order valence-corrected chi connectivity index (χ2v) is 7.73. The van der Waals surface area contributed by atoms with Crippen molar-refractivity contribution in [3.05, 3.63) is 42.0 Å². The second-order valence-electron chi connectivity index (χ2n) is 7.73. The van der Waals surface area contributed by atoms with E-state index in [9.17, 15) is 9.59 Å². The van der Waals surface area contributed by atoms with E-state index in [1.165, 1.54) is 0 Å². The van der Waals surface area contributed by atoms with Crippen LogP contribution in [0.3, 0.4) is 0 Å². The maximum atomic E-state index is 12.8. The average molecular weight is 427 g/mol. The molecule has 0 aliphatic carbocycles. The van der Waals surface area contributed by atoms with E-state index in [0.29, 0.717) is 28.4 Å². The lowest BCUT2D eigenvalue weighted by atomic mass is 10.1. The molecule has 2 aromatic carbocycles. The molecule has 8 nitrogen and oxygen atoms in total. The SMILES string of the molecule is COc1cc(NC(=O)Nc2ccc(N3CCCC3)c(C(=O)NC(C)C)c2)cc(OC)c1. The molecule has 0 unspecified atom stereocenters. The van der Waals surface area contributed by atoms with Gasteiger partial charge in [0.2, 0.25) is 0 Å². The van der Waals surface area contributed by atoms with Crippen molar-refractivity contribution >= 4 is 29.0 Å². The third kappa shape index (κ3) is 5.81. The highest BCUT2D eigenvalue weighted by Crippen LogP contribution is 2.29. The maximum absolute atomic E-state index is 12.8. The van der Waals surface area contributed by atoms with E-state index in [1.54, 1.807) is 38.5 Å². The van der Waals surface area contributed by atoms with Gasteiger partial charge in [-0.3, -0.25) is 4.79 Å². The average Bonchev–Trinajstić information content (AvgIpc) is 3.27. The Labute approximate surface area is 182 Å². The maximum Gasteiger partial charge on any atom is 0.323 e. The van der Waals surface area contributed by atoms with Gasteiger partial charge in [-0.2, -0.15) is 0 Å². The highest BCUT2D eigenvalue weighted by Gasteiger charge is 2.21. The molecule has 1 aliphatic rings. The Morgan fingerprint density at radius 2 is 1.52 bits per heavy atom. The van der Waals surface area contributed by atoms with E-state index >= 15 is 0 Å². The molecule has 0 saturated carbocycles. The highest BCUT2D eigenvalue weighted by atomic mass is 16.5. The third-order valence-electron chi connectivity index (χ3n) is 4.97. The molecular weight excluding hydrogens is 396 g/mol. The van der Waals surface area contributed by atoms with Crippen LogP contribution in [-0.4, -0.2) is 45.3 Å². The van der Waals surface area contributed by atoms with E-state index in [2.05, 4.69) is 20.9 Å². The molecule has 3 amide bonds. The Hall–Kier alpha value is -3.42. The second kappa shape index (κ2) is 10.1. The minimum Gasteiger partial charge on any atom is -0.497 e. The van der Waals surface area contributed by atoms with Crippen molar-refractivity contribution in [3.8, 4) is 11.5 Å². The standard InChI is InChI=1S/C23H30N4O4/c1-15(2)24-22(28)20-13-16(7-8-21(20)27-9-5-6-10-27)25-23(29)26-17-11-18(30-3)14-19(12-17)31-4/h7-8,11-15H,5-6,9-10H2,1-4H3,(H,24,28)(H2,25,26,29). The van der Waals surface area contributed by atoms with Crippen molar-refractivity contribution in [2.45, 2.75) is 32.7 Å². The first-order chi connectivity index (χ1) is 14.9. The molecule has 31 heavy (non-hydrogen) atoms. The number of hydrogen-bond donors (Lipinski definition) is 3. The summed E-state index contributed by atoms with van der Waals surface area (Å²) in [6, 6.07) is 10.1. The van der Waals surface area contributed by atoms with E-state index < -0.39 is 6.03 Å². The first-order valence-corrected chi connectivity index (χ1v) is 10.4. The van der Waals surface area contributed by atoms with Crippen LogP contribution in [0.15, 0.2) is 36.4 Å². The number of carbonyl (C=O) groups is 2. The summed E-state index contributed by atoms with van der Waals surface area (Å²) in [5, 5.41) is 8.52. The number of nitrogens with zero attached hydrogens (tertiary/aromatic N) is 1. The van der Waals surface area contributed by atoms with Crippen LogP contribution >= 0.6 is 0 Å². The summed E-state index contributed by atoms with van der Waals surface area (Å²) in [5.41, 5.74) is 2.50. The summed E-state index contributed by atoms with van der Waals surface area (Å²) in [6.07, 6.45) is 2.22. The van der Waals surface area contributed by atoms with E-state index in [4.69, 9.17) is 9.47 Å². The minimum absolute atomic E-state index is 0.0156. The Kier molecular flexibility index (Phi) is 7.23. The van der Waals surface area contributed by atoms with Gasteiger partial charge in [0.05, 0.1) is 19.8 Å². The quantitative estimate of drug-likeness (QED) is 0.620. The fraction of sp³-hybridized carbons (Fsp3) is 0.391. The number of nitrogens with one attached hydrogen (secondary N) is 3. The molecule has 0 aromatic heterocycles. The van der Waals surface area contributed by atoms with Crippen molar-refractivity contribution < 1.29 is 19.1 Å². The van der Waals surface area contributed by atoms with Gasteiger partial charge in [0, 0.05) is 54.4 Å². The smallest absolute Gasteiger partial charge is 0.323 e. The summed E-state index contributed by atoms with van der Waals surface area (Å²) in [7, 11) is 3.09. The molecular formula is C23H30N4O4. The van der Waals surface area contributed by atoms with Crippen molar-refractivity contribution in [1.29, 1.82) is 0 Å². The summed E-state index contributed by atoms with van der Waals surface area (Å²) < 4.78 is 10.5. The van der Waals surface area contributed by atoms with Crippen molar-refractivity contribution in [2.75, 3.05) is 42.8 Å². The van der Waals surface area contributed by atoms with Gasteiger partial charge >= 0.3 is 6.03 Å². The lowest BCUT2D eigenvalue weighted by molar-refractivity contribution is 0.0943. The van der Waals surface area contributed by atoms with Crippen LogP contribution in [0.4, 0.5) is 21.9 Å². The number of methoxy groups -OCH3 is 2. The molecule has 3 N–H and O–H groups in total. The normalized spacial score (nSPS) is 13.1. The van der Waals surface area contributed by atoms with Crippen LogP contribution in [0, 0.1) is 0 Å². The largest absolute Gasteiger partial charge is 0.497 e. The summed E-state index contributed by atoms with van der Waals surface area (Å²) in [4.78, 5) is 27.6. The van der Waals surface area contributed by atoms with Crippen LogP contribution in [0.2, 0.25) is 0 Å². The number of rotatable bonds is 7. The molecule has 1 saturated heterocycles. The van der Waals surface area contributed by atoms with Crippen LogP contribution in [0.1, 0.15) is 37.0 Å². The molecule has 0 atom stereocenters. The number of anilines is 3. The predicted octanol–water partition coefficient (Wildman–Crippen LogP) is 4.09. The van der Waals surface area contributed by atoms with Gasteiger partial charge in [-0.15, -0.1) is 0 Å². The van der Waals surface area contributed by atoms with E-state index in [1.807, 2.05) is 26.0 Å². The number of ether oxygens (including phenoxy) is 2. The number of amides is 3. The van der Waals surface area contributed by atoms with Crippen molar-refractivity contribution in [1.82, 2.24) is 5.32 Å². The Morgan fingerprint density at radius 1 is 0.903 bits per heavy atom. The van der Waals surface area contributed by atoms with Crippen LogP contribution in [0.25, 0.3) is 0 Å². The molecule has 0 radical (unpaired) electrons. The van der Waals surface area contributed by atoms with Gasteiger partial charge in [-0.1, -0.05) is 0 Å². The van der Waals surface area contributed by atoms with Crippen LogP contribution < -0.4 is 30.3 Å². The molecule has 166 valence electrons. The molecule has 1 heterocycles. The highest BCUT2D eigenvalue weighted by molar-refractivity contribution is 6.04. The number of hydrogen-bond acceptors (Lipinski definition) is 5. The lowest BCUT2D eigenvalue weighted by Gasteiger charge is -2.22. The summed E-state index contributed by atoms with van der Waals surface area (Å²) >= 11 is 0. The van der Waals surface area contributed by atoms with Gasteiger partial charge in [0.25, 0.3) is 5.91 Å². The summed E-state index contributed by atoms with van der Waals surface area (Å²) in [5.74, 6) is 0.980. The number of urea groups is 1. The zero-order chi connectivity index (χ0) is 22.4. The van der Waals surface area contributed by atoms with Crippen LogP contribution in [0.5, 0.6) is 11.5 Å². The Morgan fingerprint density at radius 3 is 2.10 bits per heavy atom. The molecule has 0 spiro atoms. The zero-order valence-electron chi connectivity index (χ0n) is 18.5. The molecule has 2 aromatic rings. The molecule has 1 aliphatic heterocycles. The first-order valence-electron chi connectivity index (χ1n) is 10.4. The first kappa shape index (κ1) is 22.3. The minimum atomic E-state index is -0.431. The van der Waals surface area contributed by atoms with Crippen LogP contribution in [-0.2, 0) is 0 Å². The Balaban J connectivity index is 1.79. The predicted molar refractivity (Wildman–Crippen MR) is 123 cm³/mol. The topological polar surface area (TPSA) is 91.9 Å². The third-order valence-corrected chi connectivity index (χ3v) is 4.97. The fourth-order valence-electron chi connectivity index (χ4n) is 3.54. The van der Waals surface area contributed by atoms with Gasteiger partial charge in [0.1, 0.15) is 11.5 Å². The van der Waals surface area contributed by atoms with E-state index in [-0.39, 0.29) is 11.9 Å². The number of carbonyl (C=O) groups excluding carboxylic acids is 2. The zero-order valence-corrected chi connectivity index (χ0v) is 18.5. The van der Waals surface area contributed by atoms with Crippen molar-refractivity contribution in [3.63, 3.8) is 0 Å². The van der Waals surface area contributed by atoms with Crippen molar-refractivity contribution in [2.24, 2.45) is 0 Å². The molecule has 1 fully saturated rings. The van der Waals surface area contributed by atoms with Gasteiger partial charge in [-0.05, 0) is 44.9 Å². The number of benzene rings is 2. The molecule has 0 bridgehead atoms. The van der Waals surface area contributed by atoms with Gasteiger partial charge in [0.15, 0.2) is 0 Å². The van der Waals surface area contributed by atoms with Gasteiger partial charge in [-0.25, -0.2) is 4.79 Å². The Bertz CT molecular complexity index is 917.